The Kier molecular flexibility index (Phi) is 5.93. The fourth-order valence-electron chi connectivity index (χ4n) is 2.92. The first-order valence-electron chi connectivity index (χ1n) is 9.01. The third-order valence-electron chi connectivity index (χ3n) is 4.26. The van der Waals surface area contributed by atoms with Crippen LogP contribution in [0.15, 0.2) is 42.5 Å². The molecule has 146 valence electrons. The van der Waals surface area contributed by atoms with Crippen LogP contribution < -0.4 is 14.2 Å². The maximum absolute atomic E-state index is 11.5. The van der Waals surface area contributed by atoms with Gasteiger partial charge in [0, 0.05) is 17.1 Å². The van der Waals surface area contributed by atoms with Crippen LogP contribution in [-0.4, -0.2) is 23.6 Å². The predicted molar refractivity (Wildman–Crippen MR) is 106 cm³/mol. The molecule has 0 aliphatic carbocycles. The van der Waals surface area contributed by atoms with Crippen LogP contribution >= 0.6 is 0 Å². The fraction of sp³-hybridized carbons (Fsp3) is 0.286. The van der Waals surface area contributed by atoms with Crippen LogP contribution in [0.25, 0.3) is 10.9 Å². The number of fused-ring (bicyclic) bond motifs is 1. The number of hydrogen-bond acceptors (Lipinski definition) is 6. The van der Waals surface area contributed by atoms with Crippen LogP contribution in [-0.2, 0) is 6.61 Å². The van der Waals surface area contributed by atoms with Gasteiger partial charge in [0.15, 0.2) is 0 Å². The van der Waals surface area contributed by atoms with Crippen molar-refractivity contribution in [2.75, 3.05) is 13.7 Å². The molecule has 0 amide bonds. The highest BCUT2D eigenvalue weighted by Gasteiger charge is 2.24. The maximum atomic E-state index is 11.5. The van der Waals surface area contributed by atoms with Crippen LogP contribution in [0.3, 0.4) is 0 Å². The number of aromatic nitrogens is 1. The van der Waals surface area contributed by atoms with Crippen molar-refractivity contribution >= 4 is 16.6 Å². The number of nitro benzene ring substituents is 1. The third kappa shape index (κ3) is 3.98. The molecule has 0 spiro atoms. The second-order valence-corrected chi connectivity index (χ2v) is 6.27. The molecule has 2 aromatic carbocycles. The van der Waals surface area contributed by atoms with Crippen LogP contribution in [0.4, 0.5) is 5.69 Å². The summed E-state index contributed by atoms with van der Waals surface area (Å²) in [6.07, 6.45) is 0.723. The van der Waals surface area contributed by atoms with Crippen LogP contribution in [0, 0.1) is 17.0 Å². The number of ether oxygens (including phenoxy) is 3. The van der Waals surface area contributed by atoms with Crippen molar-refractivity contribution in [3.05, 3.63) is 63.8 Å². The monoisotopic (exact) mass is 382 g/mol. The van der Waals surface area contributed by atoms with Crippen molar-refractivity contribution in [3.63, 3.8) is 0 Å². The predicted octanol–water partition coefficient (Wildman–Crippen LogP) is 4.83. The van der Waals surface area contributed by atoms with Gasteiger partial charge in [0.2, 0.25) is 5.75 Å². The highest BCUT2D eigenvalue weighted by molar-refractivity contribution is 5.84. The molecule has 28 heavy (non-hydrogen) atoms. The summed E-state index contributed by atoms with van der Waals surface area (Å²) in [4.78, 5) is 15.5. The first-order chi connectivity index (χ1) is 13.5. The van der Waals surface area contributed by atoms with E-state index in [2.05, 4.69) is 4.98 Å². The number of nitro groups is 1. The molecule has 0 saturated carbocycles. The van der Waals surface area contributed by atoms with E-state index in [-0.39, 0.29) is 18.0 Å². The van der Waals surface area contributed by atoms with E-state index in [1.807, 2.05) is 44.2 Å². The lowest BCUT2D eigenvalue weighted by Crippen LogP contribution is -2.07. The van der Waals surface area contributed by atoms with Gasteiger partial charge < -0.3 is 14.2 Å². The quantitative estimate of drug-likeness (QED) is 0.410. The number of aryl methyl sites for hydroxylation is 1. The smallest absolute Gasteiger partial charge is 0.311 e. The fourth-order valence-corrected chi connectivity index (χ4v) is 2.92. The SMILES string of the molecule is CCCOc1c([N+](=O)[O-])ccc(OC)c1COc1cccc2ccc(C)nc12. The number of benzene rings is 2. The summed E-state index contributed by atoms with van der Waals surface area (Å²) >= 11 is 0. The van der Waals surface area contributed by atoms with E-state index in [4.69, 9.17) is 14.2 Å². The summed E-state index contributed by atoms with van der Waals surface area (Å²) < 4.78 is 17.1. The van der Waals surface area contributed by atoms with Gasteiger partial charge in [0.1, 0.15) is 23.6 Å². The Morgan fingerprint density at radius 2 is 1.89 bits per heavy atom. The Morgan fingerprint density at radius 1 is 1.07 bits per heavy atom. The van der Waals surface area contributed by atoms with Gasteiger partial charge in [-0.2, -0.15) is 0 Å². The number of para-hydroxylation sites is 1. The van der Waals surface area contributed by atoms with Gasteiger partial charge in [-0.3, -0.25) is 10.1 Å². The summed E-state index contributed by atoms with van der Waals surface area (Å²) in [7, 11) is 1.51. The summed E-state index contributed by atoms with van der Waals surface area (Å²) in [5, 5.41) is 12.4. The summed E-state index contributed by atoms with van der Waals surface area (Å²) in [5.41, 5.74) is 2.00. The molecule has 0 radical (unpaired) electrons. The molecule has 7 heteroatoms. The normalized spacial score (nSPS) is 10.7. The number of rotatable bonds is 8. The highest BCUT2D eigenvalue weighted by Crippen LogP contribution is 2.38. The van der Waals surface area contributed by atoms with Crippen LogP contribution in [0.5, 0.6) is 17.2 Å². The topological polar surface area (TPSA) is 83.7 Å². The van der Waals surface area contributed by atoms with E-state index in [0.29, 0.717) is 23.7 Å². The van der Waals surface area contributed by atoms with E-state index < -0.39 is 4.92 Å². The second kappa shape index (κ2) is 8.56. The van der Waals surface area contributed by atoms with Gasteiger partial charge in [0.05, 0.1) is 24.2 Å². The van der Waals surface area contributed by atoms with E-state index in [1.54, 1.807) is 6.07 Å². The summed E-state index contributed by atoms with van der Waals surface area (Å²) in [6.45, 7) is 4.26. The number of methoxy groups -OCH3 is 1. The first-order valence-corrected chi connectivity index (χ1v) is 9.01. The maximum Gasteiger partial charge on any atom is 0.311 e. The highest BCUT2D eigenvalue weighted by atomic mass is 16.6. The van der Waals surface area contributed by atoms with Crippen LogP contribution in [0.1, 0.15) is 24.6 Å². The molecule has 0 fully saturated rings. The Morgan fingerprint density at radius 3 is 2.61 bits per heavy atom. The average Bonchev–Trinajstić information content (AvgIpc) is 2.70. The lowest BCUT2D eigenvalue weighted by atomic mass is 10.1. The minimum absolute atomic E-state index is 0.0542. The molecule has 0 bridgehead atoms. The Balaban J connectivity index is 2.01. The molecular formula is C21H22N2O5. The zero-order valence-electron chi connectivity index (χ0n) is 16.1. The Labute approximate surface area is 163 Å². The molecule has 7 nitrogen and oxygen atoms in total. The Hall–Kier alpha value is -3.35. The molecule has 1 heterocycles. The molecule has 0 aliphatic heterocycles. The second-order valence-electron chi connectivity index (χ2n) is 6.27. The van der Waals surface area contributed by atoms with Crippen molar-refractivity contribution in [1.29, 1.82) is 0 Å². The number of nitrogens with zero attached hydrogens (tertiary/aromatic N) is 2. The van der Waals surface area contributed by atoms with Gasteiger partial charge in [-0.25, -0.2) is 4.98 Å². The molecule has 0 unspecified atom stereocenters. The zero-order valence-corrected chi connectivity index (χ0v) is 16.1. The molecule has 3 aromatic rings. The standard InChI is InChI=1S/C21H22N2O5/c1-4-12-27-21-16(18(26-3)11-10-17(21)23(24)25)13-28-19-7-5-6-15-9-8-14(2)22-20(15)19/h5-11H,4,12-13H2,1-3H3. The van der Waals surface area contributed by atoms with Gasteiger partial charge >= 0.3 is 5.69 Å². The van der Waals surface area contributed by atoms with Gasteiger partial charge in [-0.05, 0) is 31.5 Å². The minimum atomic E-state index is -0.462. The molecule has 0 N–H and O–H groups in total. The van der Waals surface area contributed by atoms with Crippen molar-refractivity contribution in [2.45, 2.75) is 26.9 Å². The minimum Gasteiger partial charge on any atom is -0.496 e. The molecule has 1 aromatic heterocycles. The van der Waals surface area contributed by atoms with E-state index in [9.17, 15) is 10.1 Å². The lowest BCUT2D eigenvalue weighted by molar-refractivity contribution is -0.386. The van der Waals surface area contributed by atoms with Gasteiger partial charge in [0.25, 0.3) is 0 Å². The van der Waals surface area contributed by atoms with E-state index >= 15 is 0 Å². The molecule has 0 saturated heterocycles. The van der Waals surface area contributed by atoms with Gasteiger partial charge in [-0.1, -0.05) is 25.1 Å². The third-order valence-corrected chi connectivity index (χ3v) is 4.26. The summed E-state index contributed by atoms with van der Waals surface area (Å²) in [5.74, 6) is 1.24. The molecule has 0 atom stereocenters. The van der Waals surface area contributed by atoms with Crippen molar-refractivity contribution in [1.82, 2.24) is 4.98 Å². The molecule has 0 aliphatic rings. The Bertz CT molecular complexity index is 1000. The lowest BCUT2D eigenvalue weighted by Gasteiger charge is -2.16. The number of pyridine rings is 1. The molecular weight excluding hydrogens is 360 g/mol. The van der Waals surface area contributed by atoms with Crippen molar-refractivity contribution in [2.24, 2.45) is 0 Å². The van der Waals surface area contributed by atoms with Crippen LogP contribution in [0.2, 0.25) is 0 Å². The largest absolute Gasteiger partial charge is 0.496 e. The zero-order chi connectivity index (χ0) is 20.1. The van der Waals surface area contributed by atoms with E-state index in [0.717, 1.165) is 23.0 Å². The van der Waals surface area contributed by atoms with Gasteiger partial charge in [-0.15, -0.1) is 0 Å². The average molecular weight is 382 g/mol. The number of hydrogen-bond donors (Lipinski definition) is 0. The van der Waals surface area contributed by atoms with Crippen molar-refractivity contribution in [3.8, 4) is 17.2 Å². The van der Waals surface area contributed by atoms with E-state index in [1.165, 1.54) is 13.2 Å². The molecule has 3 rings (SSSR count). The van der Waals surface area contributed by atoms with Crippen molar-refractivity contribution < 1.29 is 19.1 Å². The summed E-state index contributed by atoms with van der Waals surface area (Å²) in [6, 6.07) is 12.5. The first kappa shape index (κ1) is 19.4.